The van der Waals surface area contributed by atoms with Crippen LogP contribution in [0.25, 0.3) is 10.9 Å². The van der Waals surface area contributed by atoms with E-state index in [2.05, 4.69) is 9.97 Å². The van der Waals surface area contributed by atoms with Crippen LogP contribution in [0.2, 0.25) is 0 Å². The second-order valence-electron chi connectivity index (χ2n) is 5.42. The first kappa shape index (κ1) is 15.7. The van der Waals surface area contributed by atoms with Crippen molar-refractivity contribution < 1.29 is 14.0 Å². The summed E-state index contributed by atoms with van der Waals surface area (Å²) in [6.45, 7) is 1.93. The molecule has 0 radical (unpaired) electrons. The van der Waals surface area contributed by atoms with E-state index in [0.717, 1.165) is 0 Å². The summed E-state index contributed by atoms with van der Waals surface area (Å²) in [5.74, 6) is 0.224. The van der Waals surface area contributed by atoms with Crippen molar-refractivity contribution in [3.05, 3.63) is 24.0 Å². The van der Waals surface area contributed by atoms with Gasteiger partial charge in [0.25, 0.3) is 0 Å². The molecule has 6 nitrogen and oxygen atoms in total. The van der Waals surface area contributed by atoms with Gasteiger partial charge in [0.15, 0.2) is 5.12 Å². The SMILES string of the molecule is CC(=O)SCC1CC(=O)N(c2nc(N)c3c(F)cccc3n2)C1. The average molecular weight is 334 g/mol. The lowest BCUT2D eigenvalue weighted by Gasteiger charge is -2.15. The average Bonchev–Trinajstić information content (AvgIpc) is 2.86. The molecule has 1 aromatic carbocycles. The van der Waals surface area contributed by atoms with Gasteiger partial charge < -0.3 is 5.73 Å². The van der Waals surface area contributed by atoms with Gasteiger partial charge in [-0.2, -0.15) is 4.98 Å². The summed E-state index contributed by atoms with van der Waals surface area (Å²) in [4.78, 5) is 33.0. The third-order valence-corrected chi connectivity index (χ3v) is 4.70. The van der Waals surface area contributed by atoms with Gasteiger partial charge in [0.2, 0.25) is 11.9 Å². The van der Waals surface area contributed by atoms with Crippen LogP contribution >= 0.6 is 11.8 Å². The molecule has 0 saturated carbocycles. The zero-order valence-corrected chi connectivity index (χ0v) is 13.3. The van der Waals surface area contributed by atoms with Crippen molar-refractivity contribution in [3.8, 4) is 0 Å². The number of amides is 1. The number of carbonyl (C=O) groups is 2. The fourth-order valence-electron chi connectivity index (χ4n) is 2.60. The smallest absolute Gasteiger partial charge is 0.234 e. The molecule has 0 aliphatic carbocycles. The Hall–Kier alpha value is -2.22. The Morgan fingerprint density at radius 2 is 2.26 bits per heavy atom. The Labute approximate surface area is 136 Å². The minimum absolute atomic E-state index is 0.0115. The van der Waals surface area contributed by atoms with Crippen LogP contribution in [0, 0.1) is 11.7 Å². The van der Waals surface area contributed by atoms with Crippen LogP contribution < -0.4 is 10.6 Å². The molecule has 1 aromatic heterocycles. The van der Waals surface area contributed by atoms with Gasteiger partial charge in [-0.25, -0.2) is 9.37 Å². The Bertz CT molecular complexity index is 798. The number of benzene rings is 1. The predicted octanol–water partition coefficient (Wildman–Crippen LogP) is 1.98. The fourth-order valence-corrected chi connectivity index (χ4v) is 3.29. The number of carbonyl (C=O) groups excluding carboxylic acids is 2. The summed E-state index contributed by atoms with van der Waals surface area (Å²) in [5, 5.41) is 0.184. The number of hydrogen-bond acceptors (Lipinski definition) is 6. The molecule has 1 unspecified atom stereocenters. The zero-order valence-electron chi connectivity index (χ0n) is 12.5. The lowest BCUT2D eigenvalue weighted by atomic mass is 10.1. The first-order chi connectivity index (χ1) is 11.0. The molecule has 1 saturated heterocycles. The number of rotatable bonds is 3. The molecule has 23 heavy (non-hydrogen) atoms. The van der Waals surface area contributed by atoms with Gasteiger partial charge in [-0.05, 0) is 18.1 Å². The summed E-state index contributed by atoms with van der Waals surface area (Å²) in [5.41, 5.74) is 6.19. The first-order valence-electron chi connectivity index (χ1n) is 7.11. The molecule has 8 heteroatoms. The van der Waals surface area contributed by atoms with E-state index in [-0.39, 0.29) is 34.1 Å². The van der Waals surface area contributed by atoms with Crippen molar-refractivity contribution in [1.82, 2.24) is 9.97 Å². The van der Waals surface area contributed by atoms with Gasteiger partial charge >= 0.3 is 0 Å². The highest BCUT2D eigenvalue weighted by atomic mass is 32.2. The molecule has 1 atom stereocenters. The number of anilines is 2. The highest BCUT2D eigenvalue weighted by Gasteiger charge is 2.32. The third kappa shape index (κ3) is 3.12. The van der Waals surface area contributed by atoms with Crippen molar-refractivity contribution in [2.24, 2.45) is 5.92 Å². The maximum absolute atomic E-state index is 13.8. The van der Waals surface area contributed by atoms with Gasteiger partial charge in [-0.3, -0.25) is 14.5 Å². The number of hydrogen-bond donors (Lipinski definition) is 1. The summed E-state index contributed by atoms with van der Waals surface area (Å²) in [6, 6.07) is 4.45. The molecule has 1 aliphatic rings. The normalized spacial score (nSPS) is 17.9. The molecule has 2 aromatic rings. The molecule has 0 spiro atoms. The van der Waals surface area contributed by atoms with Crippen LogP contribution in [0.4, 0.5) is 16.2 Å². The predicted molar refractivity (Wildman–Crippen MR) is 87.5 cm³/mol. The van der Waals surface area contributed by atoms with Crippen molar-refractivity contribution in [2.75, 3.05) is 22.9 Å². The molecule has 3 rings (SSSR count). The molecule has 2 heterocycles. The number of nitrogen functional groups attached to an aromatic ring is 1. The Kier molecular flexibility index (Phi) is 4.16. The topological polar surface area (TPSA) is 89.2 Å². The lowest BCUT2D eigenvalue weighted by molar-refractivity contribution is -0.117. The van der Waals surface area contributed by atoms with Crippen molar-refractivity contribution in [1.29, 1.82) is 0 Å². The van der Waals surface area contributed by atoms with E-state index in [1.807, 2.05) is 0 Å². The number of halogens is 1. The molecule has 0 bridgehead atoms. The second kappa shape index (κ2) is 6.11. The number of aromatic nitrogens is 2. The van der Waals surface area contributed by atoms with E-state index in [1.54, 1.807) is 6.07 Å². The lowest BCUT2D eigenvalue weighted by Crippen LogP contribution is -2.27. The largest absolute Gasteiger partial charge is 0.383 e. The second-order valence-corrected chi connectivity index (χ2v) is 6.62. The minimum atomic E-state index is -0.491. The molecular weight excluding hydrogens is 319 g/mol. The van der Waals surface area contributed by atoms with Gasteiger partial charge in [-0.15, -0.1) is 0 Å². The standard InChI is InChI=1S/C15H15FN4O2S/c1-8(21)23-7-9-5-12(22)20(6-9)15-18-11-4-2-3-10(16)13(11)14(17)19-15/h2-4,9H,5-7H2,1H3,(H2,17,18,19). The van der Waals surface area contributed by atoms with E-state index in [1.165, 1.54) is 35.7 Å². The van der Waals surface area contributed by atoms with E-state index in [0.29, 0.717) is 24.2 Å². The molecule has 1 aliphatic heterocycles. The molecule has 2 N–H and O–H groups in total. The van der Waals surface area contributed by atoms with Gasteiger partial charge in [0.1, 0.15) is 11.6 Å². The molecular formula is C15H15FN4O2S. The summed E-state index contributed by atoms with van der Waals surface area (Å²) in [6.07, 6.45) is 0.338. The number of nitrogens with two attached hydrogens (primary N) is 1. The van der Waals surface area contributed by atoms with E-state index in [9.17, 15) is 14.0 Å². The van der Waals surface area contributed by atoms with Crippen molar-refractivity contribution >= 4 is 45.5 Å². The maximum atomic E-state index is 13.8. The highest BCUT2D eigenvalue weighted by molar-refractivity contribution is 8.13. The van der Waals surface area contributed by atoms with E-state index < -0.39 is 5.82 Å². The Morgan fingerprint density at radius 3 is 3.00 bits per heavy atom. The van der Waals surface area contributed by atoms with Crippen molar-refractivity contribution in [2.45, 2.75) is 13.3 Å². The Balaban J connectivity index is 1.88. The number of fused-ring (bicyclic) bond motifs is 1. The van der Waals surface area contributed by atoms with Gasteiger partial charge in [0, 0.05) is 25.6 Å². The maximum Gasteiger partial charge on any atom is 0.234 e. The highest BCUT2D eigenvalue weighted by Crippen LogP contribution is 2.29. The third-order valence-electron chi connectivity index (χ3n) is 3.66. The van der Waals surface area contributed by atoms with E-state index >= 15 is 0 Å². The molecule has 1 amide bonds. The van der Waals surface area contributed by atoms with Crippen LogP contribution in [0.1, 0.15) is 13.3 Å². The van der Waals surface area contributed by atoms with Crippen LogP contribution in [0.5, 0.6) is 0 Å². The van der Waals surface area contributed by atoms with Crippen LogP contribution in [-0.4, -0.2) is 33.3 Å². The molecule has 120 valence electrons. The summed E-state index contributed by atoms with van der Waals surface area (Å²) in [7, 11) is 0. The van der Waals surface area contributed by atoms with E-state index in [4.69, 9.17) is 5.73 Å². The number of nitrogens with zero attached hydrogens (tertiary/aromatic N) is 3. The van der Waals surface area contributed by atoms with Crippen molar-refractivity contribution in [3.63, 3.8) is 0 Å². The zero-order chi connectivity index (χ0) is 16.6. The monoisotopic (exact) mass is 334 g/mol. The summed E-state index contributed by atoms with van der Waals surface area (Å²) >= 11 is 1.20. The first-order valence-corrected chi connectivity index (χ1v) is 8.09. The van der Waals surface area contributed by atoms with Gasteiger partial charge in [0.05, 0.1) is 10.9 Å². The Morgan fingerprint density at radius 1 is 1.48 bits per heavy atom. The minimum Gasteiger partial charge on any atom is -0.383 e. The molecule has 1 fully saturated rings. The van der Waals surface area contributed by atoms with Gasteiger partial charge in [-0.1, -0.05) is 17.8 Å². The van der Waals surface area contributed by atoms with Crippen LogP contribution in [-0.2, 0) is 9.59 Å². The number of thioether (sulfide) groups is 1. The van der Waals surface area contributed by atoms with Crippen LogP contribution in [0.3, 0.4) is 0 Å². The fraction of sp³-hybridized carbons (Fsp3) is 0.333. The van der Waals surface area contributed by atoms with Crippen LogP contribution in [0.15, 0.2) is 18.2 Å². The summed E-state index contributed by atoms with van der Waals surface area (Å²) < 4.78 is 13.8. The quantitative estimate of drug-likeness (QED) is 0.923.